The highest BCUT2D eigenvalue weighted by atomic mass is 79.9. The molecule has 100 valence electrons. The lowest BCUT2D eigenvalue weighted by Crippen LogP contribution is -2.02. The molecule has 0 aliphatic rings. The monoisotopic (exact) mass is 319 g/mol. The summed E-state index contributed by atoms with van der Waals surface area (Å²) in [5.41, 5.74) is 8.04. The van der Waals surface area contributed by atoms with Gasteiger partial charge in [-0.3, -0.25) is 0 Å². The molecule has 0 atom stereocenters. The molecule has 2 N–H and O–H groups in total. The van der Waals surface area contributed by atoms with Crippen molar-refractivity contribution in [2.45, 2.75) is 19.8 Å². The van der Waals surface area contributed by atoms with Crippen molar-refractivity contribution in [2.75, 3.05) is 6.54 Å². The third-order valence-electron chi connectivity index (χ3n) is 2.96. The van der Waals surface area contributed by atoms with Crippen LogP contribution in [0, 0.1) is 0 Å². The van der Waals surface area contributed by atoms with E-state index in [0.29, 0.717) is 6.54 Å². The van der Waals surface area contributed by atoms with Crippen LogP contribution in [0.5, 0.6) is 11.5 Å². The second-order valence-corrected chi connectivity index (χ2v) is 5.26. The summed E-state index contributed by atoms with van der Waals surface area (Å²) in [5, 5.41) is 0. The van der Waals surface area contributed by atoms with Crippen molar-refractivity contribution in [3.63, 3.8) is 0 Å². The molecule has 2 nitrogen and oxygen atoms in total. The normalized spacial score (nSPS) is 10.5. The summed E-state index contributed by atoms with van der Waals surface area (Å²) in [6.07, 6.45) is 1.89. The fraction of sp³-hybridized carbons (Fsp3) is 0.250. The van der Waals surface area contributed by atoms with E-state index in [1.807, 2.05) is 18.2 Å². The minimum absolute atomic E-state index is 0.658. The number of hydrogen-bond acceptors (Lipinski definition) is 2. The van der Waals surface area contributed by atoms with Crippen LogP contribution in [0.4, 0.5) is 0 Å². The number of rotatable bonds is 5. The van der Waals surface area contributed by atoms with Gasteiger partial charge in [0.25, 0.3) is 0 Å². The molecule has 19 heavy (non-hydrogen) atoms. The van der Waals surface area contributed by atoms with Gasteiger partial charge >= 0.3 is 0 Å². The molecular weight excluding hydrogens is 302 g/mol. The van der Waals surface area contributed by atoms with Crippen LogP contribution in [0.2, 0.25) is 0 Å². The van der Waals surface area contributed by atoms with Crippen LogP contribution >= 0.6 is 15.9 Å². The zero-order chi connectivity index (χ0) is 13.7. The molecule has 0 saturated heterocycles. The summed E-state index contributed by atoms with van der Waals surface area (Å²) in [6.45, 7) is 2.79. The molecule has 0 amide bonds. The molecule has 2 rings (SSSR count). The van der Waals surface area contributed by atoms with Gasteiger partial charge < -0.3 is 10.5 Å². The SMILES string of the molecule is CCc1cccc(Oc2ccc(CCN)cc2Br)c1. The van der Waals surface area contributed by atoms with Crippen molar-refractivity contribution < 1.29 is 4.74 Å². The van der Waals surface area contributed by atoms with Crippen molar-refractivity contribution >= 4 is 15.9 Å². The molecule has 2 aromatic rings. The zero-order valence-corrected chi connectivity index (χ0v) is 12.6. The topological polar surface area (TPSA) is 35.2 Å². The van der Waals surface area contributed by atoms with Crippen LogP contribution in [0.15, 0.2) is 46.9 Å². The standard InChI is InChI=1S/C16H18BrNO/c1-2-12-4-3-5-14(10-12)19-16-7-6-13(8-9-18)11-15(16)17/h3-7,10-11H,2,8-9,18H2,1H3. The van der Waals surface area contributed by atoms with Crippen LogP contribution in [-0.2, 0) is 12.8 Å². The second-order valence-electron chi connectivity index (χ2n) is 4.41. The lowest BCUT2D eigenvalue weighted by molar-refractivity contribution is 0.478. The Morgan fingerprint density at radius 2 is 1.95 bits per heavy atom. The van der Waals surface area contributed by atoms with Gasteiger partial charge in [-0.1, -0.05) is 25.1 Å². The van der Waals surface area contributed by atoms with Crippen LogP contribution in [-0.4, -0.2) is 6.54 Å². The van der Waals surface area contributed by atoms with E-state index >= 15 is 0 Å². The van der Waals surface area contributed by atoms with Gasteiger partial charge in [0, 0.05) is 0 Å². The number of nitrogens with two attached hydrogens (primary N) is 1. The fourth-order valence-corrected chi connectivity index (χ4v) is 2.41. The van der Waals surface area contributed by atoms with Crippen molar-refractivity contribution in [1.29, 1.82) is 0 Å². The van der Waals surface area contributed by atoms with E-state index in [1.165, 1.54) is 11.1 Å². The van der Waals surface area contributed by atoms with Gasteiger partial charge in [-0.25, -0.2) is 0 Å². The Morgan fingerprint density at radius 1 is 1.11 bits per heavy atom. The molecule has 0 aliphatic carbocycles. The van der Waals surface area contributed by atoms with Crippen LogP contribution in [0.1, 0.15) is 18.1 Å². The largest absolute Gasteiger partial charge is 0.456 e. The number of aryl methyl sites for hydroxylation is 1. The minimum atomic E-state index is 0.658. The van der Waals surface area contributed by atoms with E-state index in [4.69, 9.17) is 10.5 Å². The van der Waals surface area contributed by atoms with E-state index < -0.39 is 0 Å². The smallest absolute Gasteiger partial charge is 0.141 e. The van der Waals surface area contributed by atoms with E-state index in [9.17, 15) is 0 Å². The highest BCUT2D eigenvalue weighted by molar-refractivity contribution is 9.10. The summed E-state index contributed by atoms with van der Waals surface area (Å²) < 4.78 is 6.87. The van der Waals surface area contributed by atoms with Crippen molar-refractivity contribution in [1.82, 2.24) is 0 Å². The number of halogens is 1. The molecule has 0 saturated carbocycles. The van der Waals surface area contributed by atoms with Gasteiger partial charge in [0.05, 0.1) is 4.47 Å². The quantitative estimate of drug-likeness (QED) is 0.891. The molecule has 0 spiro atoms. The minimum Gasteiger partial charge on any atom is -0.456 e. The molecule has 0 unspecified atom stereocenters. The van der Waals surface area contributed by atoms with E-state index in [1.54, 1.807) is 0 Å². The van der Waals surface area contributed by atoms with Crippen LogP contribution < -0.4 is 10.5 Å². The Bertz CT molecular complexity index is 554. The summed E-state index contributed by atoms with van der Waals surface area (Å²) in [4.78, 5) is 0. The first-order valence-corrected chi connectivity index (χ1v) is 7.27. The molecule has 3 heteroatoms. The number of hydrogen-bond donors (Lipinski definition) is 1. The Kier molecular flexibility index (Phi) is 5.00. The van der Waals surface area contributed by atoms with Gasteiger partial charge in [-0.05, 0) is 70.7 Å². The maximum atomic E-state index is 5.91. The average Bonchev–Trinajstić information content (AvgIpc) is 2.42. The predicted octanol–water partition coefficient (Wildman–Crippen LogP) is 4.31. The second kappa shape index (κ2) is 6.73. The first-order chi connectivity index (χ1) is 9.22. The lowest BCUT2D eigenvalue weighted by atomic mass is 10.1. The van der Waals surface area contributed by atoms with E-state index in [0.717, 1.165) is 28.8 Å². The molecule has 2 aromatic carbocycles. The molecule has 0 heterocycles. The van der Waals surface area contributed by atoms with Gasteiger partial charge in [-0.2, -0.15) is 0 Å². The molecular formula is C16H18BrNO. The van der Waals surface area contributed by atoms with E-state index in [-0.39, 0.29) is 0 Å². The van der Waals surface area contributed by atoms with Crippen molar-refractivity contribution in [3.05, 3.63) is 58.1 Å². The number of ether oxygens (including phenoxy) is 1. The highest BCUT2D eigenvalue weighted by Gasteiger charge is 2.04. The first-order valence-electron chi connectivity index (χ1n) is 6.48. The summed E-state index contributed by atoms with van der Waals surface area (Å²) in [7, 11) is 0. The molecule has 0 bridgehead atoms. The van der Waals surface area contributed by atoms with Gasteiger partial charge in [0.2, 0.25) is 0 Å². The zero-order valence-electron chi connectivity index (χ0n) is 11.0. The van der Waals surface area contributed by atoms with Crippen molar-refractivity contribution in [2.24, 2.45) is 5.73 Å². The molecule has 0 fully saturated rings. The predicted molar refractivity (Wildman–Crippen MR) is 82.8 cm³/mol. The van der Waals surface area contributed by atoms with Gasteiger partial charge in [0.15, 0.2) is 0 Å². The number of benzene rings is 2. The van der Waals surface area contributed by atoms with Crippen LogP contribution in [0.25, 0.3) is 0 Å². The lowest BCUT2D eigenvalue weighted by Gasteiger charge is -2.10. The maximum absolute atomic E-state index is 5.91. The summed E-state index contributed by atoms with van der Waals surface area (Å²) in [6, 6.07) is 14.3. The van der Waals surface area contributed by atoms with E-state index in [2.05, 4.69) is 47.1 Å². The van der Waals surface area contributed by atoms with Crippen molar-refractivity contribution in [3.8, 4) is 11.5 Å². The maximum Gasteiger partial charge on any atom is 0.141 e. The Labute approximate surface area is 122 Å². The molecule has 0 radical (unpaired) electrons. The molecule has 0 aromatic heterocycles. The Hall–Kier alpha value is -1.32. The first kappa shape index (κ1) is 14.1. The Balaban J connectivity index is 2.18. The van der Waals surface area contributed by atoms with Gasteiger partial charge in [0.1, 0.15) is 11.5 Å². The third kappa shape index (κ3) is 3.82. The van der Waals surface area contributed by atoms with Crippen LogP contribution in [0.3, 0.4) is 0 Å². The fourth-order valence-electron chi connectivity index (χ4n) is 1.91. The Morgan fingerprint density at radius 3 is 2.63 bits per heavy atom. The average molecular weight is 320 g/mol. The summed E-state index contributed by atoms with van der Waals surface area (Å²) >= 11 is 3.54. The van der Waals surface area contributed by atoms with Gasteiger partial charge in [-0.15, -0.1) is 0 Å². The highest BCUT2D eigenvalue weighted by Crippen LogP contribution is 2.31. The molecule has 0 aliphatic heterocycles. The third-order valence-corrected chi connectivity index (χ3v) is 3.58. The summed E-state index contributed by atoms with van der Waals surface area (Å²) in [5.74, 6) is 1.70.